The van der Waals surface area contributed by atoms with Crippen molar-refractivity contribution in [3.63, 3.8) is 0 Å². The van der Waals surface area contributed by atoms with Gasteiger partial charge < -0.3 is 9.64 Å². The highest BCUT2D eigenvalue weighted by Crippen LogP contribution is 2.33. The van der Waals surface area contributed by atoms with Crippen LogP contribution in [0.4, 0.5) is 0 Å². The van der Waals surface area contributed by atoms with Crippen molar-refractivity contribution in [3.05, 3.63) is 40.7 Å². The molecule has 2 aliphatic rings. The Balaban J connectivity index is 1.64. The van der Waals surface area contributed by atoms with Crippen LogP contribution >= 0.6 is 11.6 Å². The molecule has 146 valence electrons. The lowest BCUT2D eigenvalue weighted by atomic mass is 10.0. The average molecular weight is 391 g/mol. The summed E-state index contributed by atoms with van der Waals surface area (Å²) in [4.78, 5) is 4.92. The first-order valence-electron chi connectivity index (χ1n) is 9.84. The number of tetrazole rings is 1. The molecule has 1 aromatic heterocycles. The maximum absolute atomic E-state index is 6.59. The summed E-state index contributed by atoms with van der Waals surface area (Å²) in [7, 11) is 0. The van der Waals surface area contributed by atoms with E-state index in [-0.39, 0.29) is 12.1 Å². The minimum absolute atomic E-state index is 0.0471. The number of piperazine rings is 1. The summed E-state index contributed by atoms with van der Waals surface area (Å²) in [5.74, 6) is 0.851. The lowest BCUT2D eigenvalue weighted by Gasteiger charge is -2.38. The number of ether oxygens (including phenoxy) is 1. The number of hydrogen-bond donors (Lipinski definition) is 0. The van der Waals surface area contributed by atoms with E-state index >= 15 is 0 Å². The van der Waals surface area contributed by atoms with Gasteiger partial charge in [0.05, 0.1) is 18.7 Å². The Kier molecular flexibility index (Phi) is 6.02. The van der Waals surface area contributed by atoms with Gasteiger partial charge in [0, 0.05) is 37.8 Å². The smallest absolute Gasteiger partial charge is 0.173 e. The van der Waals surface area contributed by atoms with Crippen LogP contribution < -0.4 is 0 Å². The molecule has 4 rings (SSSR count). The van der Waals surface area contributed by atoms with E-state index in [0.29, 0.717) is 6.54 Å². The average Bonchev–Trinajstić information content (AvgIpc) is 3.37. The van der Waals surface area contributed by atoms with E-state index in [1.807, 2.05) is 22.9 Å². The molecule has 2 aliphatic heterocycles. The third-order valence-electron chi connectivity index (χ3n) is 5.62. The summed E-state index contributed by atoms with van der Waals surface area (Å²) in [6.07, 6.45) is 2.36. The maximum Gasteiger partial charge on any atom is 0.173 e. The molecule has 0 spiro atoms. The van der Waals surface area contributed by atoms with Crippen LogP contribution in [0.3, 0.4) is 0 Å². The highest BCUT2D eigenvalue weighted by Gasteiger charge is 2.32. The minimum atomic E-state index is -0.0471. The van der Waals surface area contributed by atoms with Crippen LogP contribution in [0.25, 0.3) is 0 Å². The third kappa shape index (κ3) is 4.16. The number of benzene rings is 1. The van der Waals surface area contributed by atoms with E-state index in [0.717, 1.165) is 68.6 Å². The van der Waals surface area contributed by atoms with Crippen LogP contribution in [0.15, 0.2) is 24.3 Å². The lowest BCUT2D eigenvalue weighted by molar-refractivity contribution is 0.0861. The Morgan fingerprint density at radius 3 is 2.74 bits per heavy atom. The first-order valence-corrected chi connectivity index (χ1v) is 10.2. The molecule has 2 fully saturated rings. The van der Waals surface area contributed by atoms with Crippen molar-refractivity contribution in [2.24, 2.45) is 0 Å². The zero-order valence-electron chi connectivity index (χ0n) is 15.8. The van der Waals surface area contributed by atoms with Gasteiger partial charge in [-0.3, -0.25) is 4.90 Å². The van der Waals surface area contributed by atoms with Gasteiger partial charge in [-0.15, -0.1) is 5.10 Å². The van der Waals surface area contributed by atoms with Crippen molar-refractivity contribution in [2.75, 3.05) is 39.3 Å². The SMILES string of the molecule is CCN1CCN(C(c2ccccc2Cl)c2nnnn2CC2CCCO2)CC1. The van der Waals surface area contributed by atoms with Crippen LogP contribution in [-0.4, -0.2) is 75.4 Å². The number of halogens is 1. The van der Waals surface area contributed by atoms with Crippen molar-refractivity contribution >= 4 is 11.6 Å². The molecule has 3 heterocycles. The molecule has 0 radical (unpaired) electrons. The van der Waals surface area contributed by atoms with Crippen molar-refractivity contribution < 1.29 is 4.74 Å². The van der Waals surface area contributed by atoms with Gasteiger partial charge in [0.2, 0.25) is 0 Å². The van der Waals surface area contributed by atoms with E-state index in [1.165, 1.54) is 0 Å². The molecule has 2 unspecified atom stereocenters. The van der Waals surface area contributed by atoms with Gasteiger partial charge in [-0.05, 0) is 41.4 Å². The Bertz CT molecular complexity index is 739. The molecule has 0 saturated carbocycles. The predicted molar refractivity (Wildman–Crippen MR) is 104 cm³/mol. The Labute approximate surface area is 165 Å². The van der Waals surface area contributed by atoms with Crippen molar-refractivity contribution in [2.45, 2.75) is 38.5 Å². The second-order valence-corrected chi connectivity index (χ2v) is 7.66. The highest BCUT2D eigenvalue weighted by atomic mass is 35.5. The van der Waals surface area contributed by atoms with E-state index in [9.17, 15) is 0 Å². The van der Waals surface area contributed by atoms with Gasteiger partial charge >= 0.3 is 0 Å². The molecule has 0 amide bonds. The van der Waals surface area contributed by atoms with Crippen LogP contribution in [-0.2, 0) is 11.3 Å². The normalized spacial score (nSPS) is 23.0. The fourth-order valence-corrected chi connectivity index (χ4v) is 4.29. The summed E-state index contributed by atoms with van der Waals surface area (Å²) in [6.45, 7) is 8.85. The van der Waals surface area contributed by atoms with Crippen molar-refractivity contribution in [3.8, 4) is 0 Å². The van der Waals surface area contributed by atoms with Gasteiger partial charge in [0.1, 0.15) is 0 Å². The monoisotopic (exact) mass is 390 g/mol. The fraction of sp³-hybridized carbons (Fsp3) is 0.632. The third-order valence-corrected chi connectivity index (χ3v) is 5.97. The Morgan fingerprint density at radius 2 is 2.04 bits per heavy atom. The molecule has 0 bridgehead atoms. The van der Waals surface area contributed by atoms with Gasteiger partial charge in [-0.1, -0.05) is 36.7 Å². The zero-order chi connectivity index (χ0) is 18.6. The van der Waals surface area contributed by atoms with Crippen LogP contribution in [0.2, 0.25) is 5.02 Å². The second-order valence-electron chi connectivity index (χ2n) is 7.25. The van der Waals surface area contributed by atoms with Crippen LogP contribution in [0.1, 0.15) is 37.2 Å². The van der Waals surface area contributed by atoms with Gasteiger partial charge in [0.15, 0.2) is 5.82 Å². The molecule has 2 aromatic rings. The minimum Gasteiger partial charge on any atom is -0.376 e. The molecule has 2 saturated heterocycles. The second kappa shape index (κ2) is 8.65. The van der Waals surface area contributed by atoms with E-state index in [2.05, 4.69) is 38.3 Å². The lowest BCUT2D eigenvalue weighted by Crippen LogP contribution is -2.48. The molecule has 8 heteroatoms. The number of hydrogen-bond acceptors (Lipinski definition) is 6. The van der Waals surface area contributed by atoms with Crippen LogP contribution in [0, 0.1) is 0 Å². The molecule has 7 nitrogen and oxygen atoms in total. The predicted octanol–water partition coefficient (Wildman–Crippen LogP) is 2.23. The van der Waals surface area contributed by atoms with Crippen molar-refractivity contribution in [1.82, 2.24) is 30.0 Å². The number of likely N-dealkylation sites (N-methyl/N-ethyl adjacent to an activating group) is 1. The Morgan fingerprint density at radius 1 is 1.22 bits per heavy atom. The molecular formula is C19H27ClN6O. The molecule has 0 N–H and O–H groups in total. The standard InChI is InChI=1S/C19H27ClN6O/c1-2-24-9-11-25(12-10-24)18(16-7-3-4-8-17(16)20)19-21-22-23-26(19)14-15-6-5-13-27-15/h3-4,7-8,15,18H,2,5-6,9-14H2,1H3. The highest BCUT2D eigenvalue weighted by molar-refractivity contribution is 6.31. The molecular weight excluding hydrogens is 364 g/mol. The summed E-state index contributed by atoms with van der Waals surface area (Å²) in [5, 5.41) is 13.4. The molecule has 2 atom stereocenters. The van der Waals surface area contributed by atoms with E-state index in [1.54, 1.807) is 0 Å². The number of rotatable bonds is 6. The first kappa shape index (κ1) is 18.8. The molecule has 27 heavy (non-hydrogen) atoms. The van der Waals surface area contributed by atoms with Crippen LogP contribution in [0.5, 0.6) is 0 Å². The largest absolute Gasteiger partial charge is 0.376 e. The first-order chi connectivity index (χ1) is 13.3. The molecule has 0 aliphatic carbocycles. The Hall–Kier alpha value is -1.54. The summed E-state index contributed by atoms with van der Waals surface area (Å²) < 4.78 is 7.71. The quantitative estimate of drug-likeness (QED) is 0.753. The van der Waals surface area contributed by atoms with Gasteiger partial charge in [-0.25, -0.2) is 4.68 Å². The summed E-state index contributed by atoms with van der Waals surface area (Å²) in [5.41, 5.74) is 1.06. The zero-order valence-corrected chi connectivity index (χ0v) is 16.6. The van der Waals surface area contributed by atoms with E-state index in [4.69, 9.17) is 16.3 Å². The topological polar surface area (TPSA) is 59.3 Å². The molecule has 1 aromatic carbocycles. The van der Waals surface area contributed by atoms with Gasteiger partial charge in [-0.2, -0.15) is 0 Å². The van der Waals surface area contributed by atoms with Gasteiger partial charge in [0.25, 0.3) is 0 Å². The maximum atomic E-state index is 6.59. The summed E-state index contributed by atoms with van der Waals surface area (Å²) >= 11 is 6.59. The van der Waals surface area contributed by atoms with E-state index < -0.39 is 0 Å². The summed E-state index contributed by atoms with van der Waals surface area (Å²) in [6, 6.07) is 7.98. The fourth-order valence-electron chi connectivity index (χ4n) is 4.05. The number of aromatic nitrogens is 4. The number of nitrogens with zero attached hydrogens (tertiary/aromatic N) is 6. The van der Waals surface area contributed by atoms with Crippen molar-refractivity contribution in [1.29, 1.82) is 0 Å².